The molecular formula is C19H38NaO5S+. The normalized spacial score (nSPS) is 12.4. The van der Waals surface area contributed by atoms with Crippen LogP contribution in [0.3, 0.4) is 0 Å². The molecule has 7 heteroatoms. The van der Waals surface area contributed by atoms with Gasteiger partial charge in [0.1, 0.15) is 0 Å². The number of ether oxygens (including phenoxy) is 1. The van der Waals surface area contributed by atoms with E-state index in [0.717, 1.165) is 26.4 Å². The Morgan fingerprint density at radius 2 is 1.15 bits per heavy atom. The van der Waals surface area contributed by atoms with Gasteiger partial charge in [-0.1, -0.05) is 96.8 Å². The zero-order valence-electron chi connectivity index (χ0n) is 17.2. The first-order chi connectivity index (χ1) is 11.9. The van der Waals surface area contributed by atoms with Crippen LogP contribution in [-0.2, 0) is 19.6 Å². The summed E-state index contributed by atoms with van der Waals surface area (Å²) < 4.78 is 35.8. The average Bonchev–Trinajstić information content (AvgIpc) is 2.56. The molecule has 0 aliphatic carbocycles. The van der Waals surface area contributed by atoms with Crippen LogP contribution in [0.25, 0.3) is 0 Å². The van der Waals surface area contributed by atoms with Gasteiger partial charge in [-0.2, -0.15) is 8.42 Å². The van der Waals surface area contributed by atoms with E-state index in [0.29, 0.717) is 6.42 Å². The molecule has 0 fully saturated rings. The molecule has 5 nitrogen and oxygen atoms in total. The van der Waals surface area contributed by atoms with Crippen LogP contribution in [-0.4, -0.2) is 31.3 Å². The number of esters is 1. The molecule has 0 spiro atoms. The van der Waals surface area contributed by atoms with Crippen molar-refractivity contribution < 1.29 is 52.1 Å². The number of unbranched alkanes of at least 4 members (excludes halogenated alkanes) is 13. The Morgan fingerprint density at radius 1 is 0.808 bits per heavy atom. The molecule has 1 atom stereocenters. The number of rotatable bonds is 17. The van der Waals surface area contributed by atoms with Crippen LogP contribution in [0.2, 0.25) is 0 Å². The maximum absolute atomic E-state index is 11.4. The van der Waals surface area contributed by atoms with E-state index in [2.05, 4.69) is 11.7 Å². The molecule has 0 amide bonds. The molecule has 0 aliphatic rings. The van der Waals surface area contributed by atoms with Crippen LogP contribution in [0, 0.1) is 0 Å². The first-order valence-corrected chi connectivity index (χ1v) is 11.5. The van der Waals surface area contributed by atoms with Crippen molar-refractivity contribution in [3.63, 3.8) is 0 Å². The van der Waals surface area contributed by atoms with E-state index in [9.17, 15) is 13.2 Å². The van der Waals surface area contributed by atoms with Crippen molar-refractivity contribution in [3.05, 3.63) is 0 Å². The predicted molar refractivity (Wildman–Crippen MR) is 102 cm³/mol. The maximum atomic E-state index is 11.4. The number of hydrogen-bond donors (Lipinski definition) is 1. The third-order valence-corrected chi connectivity index (χ3v) is 5.79. The molecule has 0 aromatic carbocycles. The number of carbonyl (C=O) groups is 1. The van der Waals surface area contributed by atoms with Gasteiger partial charge in [0, 0.05) is 0 Å². The Morgan fingerprint density at radius 3 is 1.46 bits per heavy atom. The van der Waals surface area contributed by atoms with Gasteiger partial charge in [0.05, 0.1) is 7.11 Å². The minimum absolute atomic E-state index is 0. The fourth-order valence-electron chi connectivity index (χ4n) is 3.04. The summed E-state index contributed by atoms with van der Waals surface area (Å²) in [4.78, 5) is 11.4. The van der Waals surface area contributed by atoms with Gasteiger partial charge in [-0.3, -0.25) is 9.35 Å². The molecule has 0 saturated carbocycles. The molecule has 0 bridgehead atoms. The van der Waals surface area contributed by atoms with Gasteiger partial charge in [0.25, 0.3) is 10.1 Å². The van der Waals surface area contributed by atoms with Crippen molar-refractivity contribution >= 4 is 16.1 Å². The van der Waals surface area contributed by atoms with Crippen LogP contribution in [0.4, 0.5) is 0 Å². The number of methoxy groups -OCH3 is 1. The largest absolute Gasteiger partial charge is 1.00 e. The molecule has 0 radical (unpaired) electrons. The van der Waals surface area contributed by atoms with E-state index in [1.165, 1.54) is 64.2 Å². The van der Waals surface area contributed by atoms with E-state index in [-0.39, 0.29) is 36.0 Å². The summed E-state index contributed by atoms with van der Waals surface area (Å²) in [5.41, 5.74) is 0. The van der Waals surface area contributed by atoms with Crippen LogP contribution in [0.1, 0.15) is 103 Å². The molecule has 0 aromatic heterocycles. The topological polar surface area (TPSA) is 80.7 Å². The van der Waals surface area contributed by atoms with Crippen LogP contribution in [0.15, 0.2) is 0 Å². The van der Waals surface area contributed by atoms with Crippen molar-refractivity contribution in [3.8, 4) is 0 Å². The third kappa shape index (κ3) is 16.5. The van der Waals surface area contributed by atoms with Gasteiger partial charge >= 0.3 is 35.5 Å². The summed E-state index contributed by atoms with van der Waals surface area (Å²) in [6.07, 6.45) is 17.1. The monoisotopic (exact) mass is 401 g/mol. The van der Waals surface area contributed by atoms with E-state index in [1.807, 2.05) is 0 Å². The molecule has 1 unspecified atom stereocenters. The molecule has 150 valence electrons. The van der Waals surface area contributed by atoms with Gasteiger partial charge in [-0.25, -0.2) is 0 Å². The third-order valence-electron chi connectivity index (χ3n) is 4.64. The second-order valence-corrected chi connectivity index (χ2v) is 8.51. The number of hydrogen-bond acceptors (Lipinski definition) is 4. The summed E-state index contributed by atoms with van der Waals surface area (Å²) in [5, 5.41) is -1.44. The molecule has 0 saturated heterocycles. The van der Waals surface area contributed by atoms with Crippen molar-refractivity contribution in [1.29, 1.82) is 0 Å². The van der Waals surface area contributed by atoms with Crippen molar-refractivity contribution in [2.45, 2.75) is 108 Å². The molecule has 0 rings (SSSR count). The van der Waals surface area contributed by atoms with Gasteiger partial charge < -0.3 is 4.74 Å². The average molecular weight is 402 g/mol. The summed E-state index contributed by atoms with van der Waals surface area (Å²) in [5.74, 6) is -0.878. The van der Waals surface area contributed by atoms with Crippen molar-refractivity contribution in [1.82, 2.24) is 0 Å². The Kier molecular flexibility index (Phi) is 20.6. The second kappa shape index (κ2) is 18.7. The Hall–Kier alpha value is 0.380. The SMILES string of the molecule is CCCCCCCCCCCCCCCCC(C(=O)OC)S(=O)(=O)O.[Na+]. The smallest absolute Gasteiger partial charge is 0.468 e. The van der Waals surface area contributed by atoms with E-state index in [4.69, 9.17) is 4.55 Å². The zero-order chi connectivity index (χ0) is 19.0. The predicted octanol–water partition coefficient (Wildman–Crippen LogP) is 2.29. The molecule has 26 heavy (non-hydrogen) atoms. The van der Waals surface area contributed by atoms with Gasteiger partial charge in [-0.05, 0) is 6.42 Å². The van der Waals surface area contributed by atoms with Gasteiger partial charge in [-0.15, -0.1) is 0 Å². The molecule has 0 heterocycles. The molecule has 0 aromatic rings. The van der Waals surface area contributed by atoms with E-state index < -0.39 is 21.3 Å². The van der Waals surface area contributed by atoms with Gasteiger partial charge in [0.2, 0.25) is 0 Å². The second-order valence-electron chi connectivity index (χ2n) is 6.91. The Labute approximate surface area is 183 Å². The van der Waals surface area contributed by atoms with Crippen molar-refractivity contribution in [2.24, 2.45) is 0 Å². The van der Waals surface area contributed by atoms with Crippen LogP contribution in [0.5, 0.6) is 0 Å². The summed E-state index contributed by atoms with van der Waals surface area (Å²) in [7, 11) is -3.24. The first-order valence-electron chi connectivity index (χ1n) is 9.97. The zero-order valence-corrected chi connectivity index (χ0v) is 20.0. The van der Waals surface area contributed by atoms with Crippen LogP contribution < -0.4 is 29.6 Å². The fraction of sp³-hybridized carbons (Fsp3) is 0.947. The molecule has 1 N–H and O–H groups in total. The van der Waals surface area contributed by atoms with E-state index in [1.54, 1.807) is 0 Å². The quantitative estimate of drug-likeness (QED) is 0.175. The molecule has 0 aliphatic heterocycles. The summed E-state index contributed by atoms with van der Waals surface area (Å²) >= 11 is 0. The van der Waals surface area contributed by atoms with Crippen LogP contribution >= 0.6 is 0 Å². The van der Waals surface area contributed by atoms with Crippen molar-refractivity contribution in [2.75, 3.05) is 7.11 Å². The standard InChI is InChI=1S/C19H38O5S.Na/c1-3-4-5-6-7-8-9-10-11-12-13-14-15-16-17-18(19(20)24-2)25(21,22)23;/h18H,3-17H2,1-2H3,(H,21,22,23);/q;+1. The Balaban J connectivity index is 0. The Bertz CT molecular complexity index is 426. The summed E-state index contributed by atoms with van der Waals surface area (Å²) in [6.45, 7) is 2.24. The maximum Gasteiger partial charge on any atom is 1.00 e. The fourth-order valence-corrected chi connectivity index (χ4v) is 3.85. The summed E-state index contributed by atoms with van der Waals surface area (Å²) in [6, 6.07) is 0. The minimum Gasteiger partial charge on any atom is -0.468 e. The number of carbonyl (C=O) groups excluding carboxylic acids is 1. The first kappa shape index (κ1) is 28.6. The molecular weight excluding hydrogens is 363 g/mol. The van der Waals surface area contributed by atoms with Gasteiger partial charge in [0.15, 0.2) is 5.25 Å². The van der Waals surface area contributed by atoms with E-state index >= 15 is 0 Å². The minimum atomic E-state index is -4.37.